The Bertz CT molecular complexity index is 199. The van der Waals surface area contributed by atoms with Gasteiger partial charge in [-0.3, -0.25) is 9.69 Å². The highest BCUT2D eigenvalue weighted by Crippen LogP contribution is 2.17. The predicted octanol–water partition coefficient (Wildman–Crippen LogP) is 0.840. The molecule has 0 N–H and O–H groups in total. The van der Waals surface area contributed by atoms with Crippen molar-refractivity contribution < 1.29 is 22.7 Å². The van der Waals surface area contributed by atoms with Crippen LogP contribution in [0.5, 0.6) is 0 Å². The van der Waals surface area contributed by atoms with E-state index in [9.17, 15) is 18.0 Å². The van der Waals surface area contributed by atoms with Gasteiger partial charge in [0.25, 0.3) is 0 Å². The van der Waals surface area contributed by atoms with Gasteiger partial charge in [0, 0.05) is 26.1 Å². The predicted molar refractivity (Wildman–Crippen MR) is 42.9 cm³/mol. The van der Waals surface area contributed by atoms with Gasteiger partial charge in [0.2, 0.25) is 5.78 Å². The number of rotatable bonds is 3. The number of carbonyl (C=O) groups excluding carboxylic acids is 1. The molecule has 14 heavy (non-hydrogen) atoms. The Hall–Kier alpha value is -0.620. The molecule has 0 unspecified atom stereocenters. The third-order valence-electron chi connectivity index (χ3n) is 2.07. The van der Waals surface area contributed by atoms with E-state index in [1.54, 1.807) is 4.90 Å². The molecule has 0 spiro atoms. The second-order valence-electron chi connectivity index (χ2n) is 3.12. The summed E-state index contributed by atoms with van der Waals surface area (Å²) in [7, 11) is 0. The van der Waals surface area contributed by atoms with Crippen molar-refractivity contribution >= 4 is 5.78 Å². The molecule has 1 aliphatic rings. The van der Waals surface area contributed by atoms with Gasteiger partial charge in [-0.25, -0.2) is 0 Å². The summed E-state index contributed by atoms with van der Waals surface area (Å²) >= 11 is 0. The van der Waals surface area contributed by atoms with E-state index < -0.39 is 18.4 Å². The van der Waals surface area contributed by atoms with Gasteiger partial charge in [0.15, 0.2) is 0 Å². The number of hydrogen-bond donors (Lipinski definition) is 0. The largest absolute Gasteiger partial charge is 0.450 e. The van der Waals surface area contributed by atoms with Gasteiger partial charge in [-0.2, -0.15) is 13.2 Å². The van der Waals surface area contributed by atoms with Crippen molar-refractivity contribution in [1.82, 2.24) is 4.90 Å². The molecular weight excluding hydrogens is 199 g/mol. The Kier molecular flexibility index (Phi) is 3.88. The van der Waals surface area contributed by atoms with Crippen LogP contribution in [0.1, 0.15) is 6.42 Å². The molecule has 3 nitrogen and oxygen atoms in total. The number of ether oxygens (including phenoxy) is 1. The lowest BCUT2D eigenvalue weighted by atomic mass is 10.2. The van der Waals surface area contributed by atoms with Crippen LogP contribution in [0.4, 0.5) is 13.2 Å². The van der Waals surface area contributed by atoms with Crippen LogP contribution in [0.25, 0.3) is 0 Å². The zero-order valence-electron chi connectivity index (χ0n) is 7.64. The highest BCUT2D eigenvalue weighted by molar-refractivity contribution is 5.84. The van der Waals surface area contributed by atoms with Crippen molar-refractivity contribution in [2.24, 2.45) is 0 Å². The first-order valence-electron chi connectivity index (χ1n) is 4.40. The maximum atomic E-state index is 11.8. The topological polar surface area (TPSA) is 29.5 Å². The molecule has 82 valence electrons. The van der Waals surface area contributed by atoms with Crippen LogP contribution in [0.3, 0.4) is 0 Å². The van der Waals surface area contributed by atoms with Gasteiger partial charge in [-0.05, 0) is 0 Å². The van der Waals surface area contributed by atoms with Crippen molar-refractivity contribution in [2.75, 3.05) is 32.8 Å². The van der Waals surface area contributed by atoms with E-state index >= 15 is 0 Å². The van der Waals surface area contributed by atoms with Gasteiger partial charge in [-0.1, -0.05) is 0 Å². The Morgan fingerprint density at radius 1 is 1.29 bits per heavy atom. The SMILES string of the molecule is O=C(CCN1CCOCC1)C(F)(F)F. The molecule has 0 amide bonds. The fourth-order valence-electron chi connectivity index (χ4n) is 1.23. The molecule has 1 aliphatic heterocycles. The lowest BCUT2D eigenvalue weighted by molar-refractivity contribution is -0.171. The molecule has 1 saturated heterocycles. The van der Waals surface area contributed by atoms with Crippen LogP contribution in [0, 0.1) is 0 Å². The molecule has 1 rings (SSSR count). The number of hydrogen-bond acceptors (Lipinski definition) is 3. The quantitative estimate of drug-likeness (QED) is 0.692. The van der Waals surface area contributed by atoms with Crippen LogP contribution < -0.4 is 0 Å². The third-order valence-corrected chi connectivity index (χ3v) is 2.07. The van der Waals surface area contributed by atoms with E-state index in [-0.39, 0.29) is 6.54 Å². The van der Waals surface area contributed by atoms with Crippen molar-refractivity contribution in [1.29, 1.82) is 0 Å². The number of alkyl halides is 3. The number of halogens is 3. The van der Waals surface area contributed by atoms with E-state index in [4.69, 9.17) is 4.74 Å². The van der Waals surface area contributed by atoms with Crippen molar-refractivity contribution in [3.05, 3.63) is 0 Å². The van der Waals surface area contributed by atoms with E-state index in [0.717, 1.165) is 0 Å². The smallest absolute Gasteiger partial charge is 0.379 e. The second kappa shape index (κ2) is 4.75. The number of nitrogens with zero attached hydrogens (tertiary/aromatic N) is 1. The van der Waals surface area contributed by atoms with Crippen molar-refractivity contribution in [3.63, 3.8) is 0 Å². The molecule has 0 bridgehead atoms. The van der Waals surface area contributed by atoms with Gasteiger partial charge >= 0.3 is 6.18 Å². The number of ketones is 1. The average molecular weight is 211 g/mol. The molecule has 0 aliphatic carbocycles. The maximum Gasteiger partial charge on any atom is 0.450 e. The van der Waals surface area contributed by atoms with E-state index in [2.05, 4.69) is 0 Å². The van der Waals surface area contributed by atoms with Crippen LogP contribution in [-0.2, 0) is 9.53 Å². The summed E-state index contributed by atoms with van der Waals surface area (Å²) in [4.78, 5) is 12.3. The minimum Gasteiger partial charge on any atom is -0.379 e. The lowest BCUT2D eigenvalue weighted by Gasteiger charge is -2.26. The molecule has 0 aromatic rings. The Morgan fingerprint density at radius 2 is 1.86 bits per heavy atom. The molecule has 0 aromatic carbocycles. The fraction of sp³-hybridized carbons (Fsp3) is 0.875. The summed E-state index contributed by atoms with van der Waals surface area (Å²) in [5.74, 6) is -1.65. The second-order valence-corrected chi connectivity index (χ2v) is 3.12. The average Bonchev–Trinajstić information content (AvgIpc) is 2.14. The van der Waals surface area contributed by atoms with E-state index in [1.165, 1.54) is 0 Å². The summed E-state index contributed by atoms with van der Waals surface area (Å²) in [6, 6.07) is 0. The number of carbonyl (C=O) groups is 1. The standard InChI is InChI=1S/C8H12F3NO2/c9-8(10,11)7(13)1-2-12-3-5-14-6-4-12/h1-6H2. The first kappa shape index (κ1) is 11.5. The van der Waals surface area contributed by atoms with Gasteiger partial charge in [0.05, 0.1) is 13.2 Å². The Morgan fingerprint density at radius 3 is 2.36 bits per heavy atom. The Labute approximate surface area is 79.8 Å². The number of Topliss-reactive ketones (excluding diaryl/α,β-unsaturated/α-hetero) is 1. The summed E-state index contributed by atoms with van der Waals surface area (Å²) < 4.78 is 40.5. The van der Waals surface area contributed by atoms with Crippen molar-refractivity contribution in [3.8, 4) is 0 Å². The normalized spacial score (nSPS) is 19.6. The van der Waals surface area contributed by atoms with Crippen LogP contribution >= 0.6 is 0 Å². The van der Waals surface area contributed by atoms with Gasteiger partial charge < -0.3 is 4.74 Å². The van der Waals surface area contributed by atoms with Crippen LogP contribution in [0.2, 0.25) is 0 Å². The van der Waals surface area contributed by atoms with Crippen LogP contribution in [-0.4, -0.2) is 49.7 Å². The minimum atomic E-state index is -4.69. The zero-order valence-corrected chi connectivity index (χ0v) is 7.64. The molecule has 1 fully saturated rings. The Balaban J connectivity index is 2.22. The maximum absolute atomic E-state index is 11.8. The lowest BCUT2D eigenvalue weighted by Crippen LogP contribution is -2.38. The molecule has 0 radical (unpaired) electrons. The number of morpholine rings is 1. The highest BCUT2D eigenvalue weighted by Gasteiger charge is 2.37. The molecule has 0 aromatic heterocycles. The van der Waals surface area contributed by atoms with E-state index in [1.807, 2.05) is 0 Å². The monoisotopic (exact) mass is 211 g/mol. The molecular formula is C8H12F3NO2. The van der Waals surface area contributed by atoms with E-state index in [0.29, 0.717) is 26.3 Å². The zero-order chi connectivity index (χ0) is 10.6. The highest BCUT2D eigenvalue weighted by atomic mass is 19.4. The summed E-state index contributed by atoms with van der Waals surface area (Å²) in [5, 5.41) is 0. The van der Waals surface area contributed by atoms with Crippen molar-refractivity contribution in [2.45, 2.75) is 12.6 Å². The third kappa shape index (κ3) is 3.63. The summed E-state index contributed by atoms with van der Waals surface area (Å²) in [6.45, 7) is 2.43. The van der Waals surface area contributed by atoms with Crippen LogP contribution in [0.15, 0.2) is 0 Å². The summed E-state index contributed by atoms with van der Waals surface area (Å²) in [6.07, 6.45) is -5.14. The first-order chi connectivity index (χ1) is 6.50. The molecule has 0 saturated carbocycles. The molecule has 1 heterocycles. The fourth-order valence-corrected chi connectivity index (χ4v) is 1.23. The van der Waals surface area contributed by atoms with Gasteiger partial charge in [0.1, 0.15) is 0 Å². The van der Waals surface area contributed by atoms with Gasteiger partial charge in [-0.15, -0.1) is 0 Å². The first-order valence-corrected chi connectivity index (χ1v) is 4.40. The minimum absolute atomic E-state index is 0.168. The molecule has 0 atom stereocenters. The molecule has 6 heteroatoms. The summed E-state index contributed by atoms with van der Waals surface area (Å²) in [5.41, 5.74) is 0.